The Hall–Kier alpha value is -3.45. The fourth-order valence-corrected chi connectivity index (χ4v) is 6.57. The second kappa shape index (κ2) is 10.8. The Labute approximate surface area is 241 Å². The summed E-state index contributed by atoms with van der Waals surface area (Å²) in [6.07, 6.45) is 6.10. The number of aliphatic carboxylic acids is 1. The molecule has 7 heteroatoms. The molecule has 2 aromatic carbocycles. The molecule has 1 saturated heterocycles. The summed E-state index contributed by atoms with van der Waals surface area (Å²) >= 11 is 0. The van der Waals surface area contributed by atoms with Crippen LogP contribution in [0.2, 0.25) is 0 Å². The number of ether oxygens (including phenoxy) is 2. The van der Waals surface area contributed by atoms with Gasteiger partial charge in [-0.05, 0) is 91.7 Å². The summed E-state index contributed by atoms with van der Waals surface area (Å²) < 4.78 is 27.0. The van der Waals surface area contributed by atoms with Gasteiger partial charge in [-0.2, -0.15) is 0 Å². The lowest BCUT2D eigenvalue weighted by Gasteiger charge is -2.49. The summed E-state index contributed by atoms with van der Waals surface area (Å²) in [5.41, 5.74) is 5.75. The second-order valence-corrected chi connectivity index (χ2v) is 12.6. The highest BCUT2D eigenvalue weighted by atomic mass is 19.1. The van der Waals surface area contributed by atoms with Gasteiger partial charge in [-0.25, -0.2) is 9.37 Å². The van der Waals surface area contributed by atoms with E-state index < -0.39 is 11.9 Å². The average molecular weight is 559 g/mol. The highest BCUT2D eigenvalue weighted by molar-refractivity contribution is 5.71. The third-order valence-corrected chi connectivity index (χ3v) is 9.52. The Balaban J connectivity index is 1.32. The normalized spacial score (nSPS) is 21.2. The Morgan fingerprint density at radius 3 is 2.63 bits per heavy atom. The van der Waals surface area contributed by atoms with Crippen molar-refractivity contribution in [3.63, 3.8) is 0 Å². The van der Waals surface area contributed by atoms with Crippen molar-refractivity contribution in [2.24, 2.45) is 11.8 Å². The van der Waals surface area contributed by atoms with Gasteiger partial charge < -0.3 is 14.6 Å². The highest BCUT2D eigenvalue weighted by Gasteiger charge is 2.39. The third-order valence-electron chi connectivity index (χ3n) is 9.52. The highest BCUT2D eigenvalue weighted by Crippen LogP contribution is 2.48. The van der Waals surface area contributed by atoms with E-state index in [0.29, 0.717) is 23.9 Å². The van der Waals surface area contributed by atoms with Gasteiger partial charge in [-0.15, -0.1) is 0 Å². The monoisotopic (exact) mass is 558 g/mol. The zero-order chi connectivity index (χ0) is 28.9. The number of aromatic nitrogens is 1. The van der Waals surface area contributed by atoms with Crippen molar-refractivity contribution < 1.29 is 23.8 Å². The van der Waals surface area contributed by atoms with Gasteiger partial charge in [0.25, 0.3) is 0 Å². The van der Waals surface area contributed by atoms with Crippen LogP contribution in [0.25, 0.3) is 11.1 Å². The minimum absolute atomic E-state index is 0.000191. The summed E-state index contributed by atoms with van der Waals surface area (Å²) in [5, 5.41) is 9.74. The van der Waals surface area contributed by atoms with Gasteiger partial charge in [0.1, 0.15) is 17.7 Å². The van der Waals surface area contributed by atoms with Crippen LogP contribution in [0.15, 0.2) is 48.7 Å². The van der Waals surface area contributed by atoms with Gasteiger partial charge in [-0.3, -0.25) is 9.69 Å². The maximum absolute atomic E-state index is 15.1. The van der Waals surface area contributed by atoms with Crippen LogP contribution >= 0.6 is 0 Å². The minimum Gasteiger partial charge on any atom is -0.485 e. The number of methoxy groups -OCH3 is 1. The molecule has 2 aliphatic heterocycles. The molecule has 1 aliphatic carbocycles. The predicted octanol–water partition coefficient (Wildman–Crippen LogP) is 7.16. The maximum Gasteiger partial charge on any atom is 0.306 e. The summed E-state index contributed by atoms with van der Waals surface area (Å²) in [7, 11) is 1.54. The number of nitrogens with zero attached hydrogens (tertiary/aromatic N) is 2. The Morgan fingerprint density at radius 1 is 1.17 bits per heavy atom. The Bertz CT molecular complexity index is 1470. The van der Waals surface area contributed by atoms with Crippen LogP contribution in [0.5, 0.6) is 11.6 Å². The first-order valence-corrected chi connectivity index (χ1v) is 14.7. The molecule has 41 heavy (non-hydrogen) atoms. The molecule has 0 radical (unpaired) electrons. The molecular weight excluding hydrogens is 519 g/mol. The quantitative estimate of drug-likeness (QED) is 0.300. The molecule has 0 spiro atoms. The van der Waals surface area contributed by atoms with Gasteiger partial charge in [0.2, 0.25) is 5.88 Å². The molecule has 3 heterocycles. The number of hydrogen-bond donors (Lipinski definition) is 1. The Kier molecular flexibility index (Phi) is 7.26. The van der Waals surface area contributed by atoms with Gasteiger partial charge in [0, 0.05) is 30.3 Å². The number of rotatable bonds is 9. The zero-order valence-electron chi connectivity index (χ0n) is 24.3. The van der Waals surface area contributed by atoms with Crippen molar-refractivity contribution in [2.45, 2.75) is 77.0 Å². The predicted molar refractivity (Wildman–Crippen MR) is 156 cm³/mol. The number of carboxylic acids is 1. The second-order valence-electron chi connectivity index (χ2n) is 12.6. The van der Waals surface area contributed by atoms with Crippen molar-refractivity contribution in [1.29, 1.82) is 0 Å². The van der Waals surface area contributed by atoms with E-state index in [1.807, 2.05) is 19.1 Å². The van der Waals surface area contributed by atoms with Crippen LogP contribution in [0.4, 0.5) is 4.39 Å². The first-order chi connectivity index (χ1) is 19.6. The number of carboxylic acid groups (broad SMARTS) is 1. The summed E-state index contributed by atoms with van der Waals surface area (Å²) in [6, 6.07) is 14.2. The van der Waals surface area contributed by atoms with Crippen molar-refractivity contribution in [3.05, 3.63) is 76.7 Å². The van der Waals surface area contributed by atoms with Gasteiger partial charge in [0.05, 0.1) is 19.2 Å². The number of carbonyl (C=O) groups is 1. The lowest BCUT2D eigenvalue weighted by Crippen LogP contribution is -2.54. The van der Waals surface area contributed by atoms with Crippen LogP contribution in [0, 0.1) is 17.7 Å². The SMILES string of the molecule is COc1cc(-c2ccc([C@@H]3CCc4ccc(C(C5CC5)[C@H](C)C(=O)O)cc4O3)cc2CN2CCC2(C)C)c(F)cn1. The number of fused-ring (bicyclic) bond motifs is 1. The number of halogens is 1. The fraction of sp³-hybridized carbons (Fsp3) is 0.471. The number of hydrogen-bond acceptors (Lipinski definition) is 5. The van der Waals surface area contributed by atoms with Crippen molar-refractivity contribution in [3.8, 4) is 22.8 Å². The molecule has 6 rings (SSSR count). The van der Waals surface area contributed by atoms with Crippen molar-refractivity contribution in [1.82, 2.24) is 9.88 Å². The molecule has 216 valence electrons. The molecule has 1 unspecified atom stereocenters. The van der Waals surface area contributed by atoms with E-state index in [1.165, 1.54) is 13.3 Å². The van der Waals surface area contributed by atoms with E-state index in [4.69, 9.17) is 9.47 Å². The van der Waals surface area contributed by atoms with Crippen LogP contribution in [-0.4, -0.2) is 40.2 Å². The molecule has 3 atom stereocenters. The average Bonchev–Trinajstić information content (AvgIpc) is 3.80. The van der Waals surface area contributed by atoms with Crippen molar-refractivity contribution in [2.75, 3.05) is 13.7 Å². The van der Waals surface area contributed by atoms with Crippen LogP contribution in [0.3, 0.4) is 0 Å². The van der Waals surface area contributed by atoms with Crippen molar-refractivity contribution >= 4 is 5.97 Å². The summed E-state index contributed by atoms with van der Waals surface area (Å²) in [4.78, 5) is 18.3. The number of aryl methyl sites for hydroxylation is 1. The van der Waals surface area contributed by atoms with Gasteiger partial charge >= 0.3 is 5.97 Å². The lowest BCUT2D eigenvalue weighted by atomic mass is 9.82. The van der Waals surface area contributed by atoms with E-state index in [9.17, 15) is 9.90 Å². The summed E-state index contributed by atoms with van der Waals surface area (Å²) in [5.74, 6) is 0.0878. The third kappa shape index (κ3) is 5.44. The number of pyridine rings is 1. The van der Waals surface area contributed by atoms with E-state index in [1.54, 1.807) is 6.07 Å². The summed E-state index contributed by atoms with van der Waals surface area (Å²) in [6.45, 7) is 8.03. The van der Waals surface area contributed by atoms with Crippen LogP contribution < -0.4 is 9.47 Å². The molecule has 1 aromatic heterocycles. The molecule has 3 aliphatic rings. The maximum atomic E-state index is 15.1. The molecule has 1 saturated carbocycles. The van der Waals surface area contributed by atoms with Crippen LogP contribution in [0.1, 0.15) is 80.7 Å². The van der Waals surface area contributed by atoms with Gasteiger partial charge in [-0.1, -0.05) is 37.3 Å². The van der Waals surface area contributed by atoms with Gasteiger partial charge in [0.15, 0.2) is 0 Å². The molecular formula is C34H39FN2O4. The lowest BCUT2D eigenvalue weighted by molar-refractivity contribution is -0.142. The largest absolute Gasteiger partial charge is 0.485 e. The fourth-order valence-electron chi connectivity index (χ4n) is 6.57. The molecule has 0 amide bonds. The van der Waals surface area contributed by atoms with Crippen LogP contribution in [-0.2, 0) is 17.8 Å². The van der Waals surface area contributed by atoms with E-state index in [-0.39, 0.29) is 23.4 Å². The molecule has 3 aromatic rings. The number of benzene rings is 2. The zero-order valence-corrected chi connectivity index (χ0v) is 24.3. The Morgan fingerprint density at radius 2 is 1.98 bits per heavy atom. The molecule has 6 nitrogen and oxygen atoms in total. The minimum atomic E-state index is -0.750. The first-order valence-electron chi connectivity index (χ1n) is 14.7. The molecule has 2 fully saturated rings. The first kappa shape index (κ1) is 27.7. The standard InChI is InChI=1S/C34H39FN2O4/c1-20(33(38)39)32(22-6-7-22)24-8-5-21-10-12-29(41-30(21)16-24)23-9-11-26(27-17-31(40-4)36-18-28(27)35)25(15-23)19-37-14-13-34(37,2)3/h5,8-9,11,15-18,20,22,29,32H,6-7,10,12-14,19H2,1-4H3,(H,38,39)/t20-,29-,32?/m0/s1. The molecule has 0 bridgehead atoms. The van der Waals surface area contributed by atoms with E-state index in [0.717, 1.165) is 72.2 Å². The van der Waals surface area contributed by atoms with E-state index >= 15 is 4.39 Å². The topological polar surface area (TPSA) is 71.9 Å². The molecule has 1 N–H and O–H groups in total. The van der Waals surface area contributed by atoms with E-state index in [2.05, 4.69) is 48.0 Å². The number of likely N-dealkylation sites (tertiary alicyclic amines) is 1. The smallest absolute Gasteiger partial charge is 0.306 e.